The van der Waals surface area contributed by atoms with Gasteiger partial charge in [-0.05, 0) is 18.6 Å². The zero-order chi connectivity index (χ0) is 17.0. The van der Waals surface area contributed by atoms with Gasteiger partial charge in [-0.3, -0.25) is 24.6 Å². The number of nitro benzene ring substituents is 1. The molecule has 1 aromatic carbocycles. The van der Waals surface area contributed by atoms with Crippen molar-refractivity contribution in [3.63, 3.8) is 0 Å². The van der Waals surface area contributed by atoms with Crippen LogP contribution in [0.1, 0.15) is 23.2 Å². The van der Waals surface area contributed by atoms with Gasteiger partial charge in [0, 0.05) is 19.0 Å². The van der Waals surface area contributed by atoms with Gasteiger partial charge in [-0.2, -0.15) is 0 Å². The van der Waals surface area contributed by atoms with Crippen molar-refractivity contribution in [2.24, 2.45) is 0 Å². The number of benzene rings is 1. The Labute approximate surface area is 130 Å². The summed E-state index contributed by atoms with van der Waals surface area (Å²) in [5, 5.41) is 10.9. The van der Waals surface area contributed by atoms with Crippen LogP contribution in [0.5, 0.6) is 5.75 Å². The standard InChI is InChI=1S/C14H14N2O7/c1-22-11-5-4-9(7-10(11)16(20)21)14(19)23-8-13(18)15-6-2-3-12(15)17/h4-5,7H,2-3,6,8H2,1H3. The van der Waals surface area contributed by atoms with Crippen LogP contribution >= 0.6 is 0 Å². The Morgan fingerprint density at radius 1 is 1.39 bits per heavy atom. The van der Waals surface area contributed by atoms with Crippen LogP contribution in [-0.4, -0.2) is 47.9 Å². The third kappa shape index (κ3) is 3.62. The molecule has 23 heavy (non-hydrogen) atoms. The molecule has 0 saturated carbocycles. The Bertz CT molecular complexity index is 671. The zero-order valence-electron chi connectivity index (χ0n) is 12.3. The van der Waals surface area contributed by atoms with Crippen molar-refractivity contribution in [2.45, 2.75) is 12.8 Å². The minimum atomic E-state index is -0.893. The Hall–Kier alpha value is -2.97. The highest BCUT2D eigenvalue weighted by molar-refractivity contribution is 5.98. The number of rotatable bonds is 5. The molecular formula is C14H14N2O7. The number of ether oxygens (including phenoxy) is 2. The number of nitrogens with zero attached hydrogens (tertiary/aromatic N) is 2. The van der Waals surface area contributed by atoms with Crippen molar-refractivity contribution in [1.29, 1.82) is 0 Å². The van der Waals surface area contributed by atoms with E-state index in [0.29, 0.717) is 19.4 Å². The number of carbonyl (C=O) groups is 3. The van der Waals surface area contributed by atoms with Gasteiger partial charge in [0.15, 0.2) is 12.4 Å². The van der Waals surface area contributed by atoms with Gasteiger partial charge in [0.05, 0.1) is 17.6 Å². The number of amides is 2. The third-order valence-corrected chi connectivity index (χ3v) is 3.31. The molecule has 0 atom stereocenters. The van der Waals surface area contributed by atoms with E-state index >= 15 is 0 Å². The summed E-state index contributed by atoms with van der Waals surface area (Å²) in [6, 6.07) is 3.56. The fourth-order valence-corrected chi connectivity index (χ4v) is 2.16. The lowest BCUT2D eigenvalue weighted by molar-refractivity contribution is -0.385. The van der Waals surface area contributed by atoms with Crippen molar-refractivity contribution >= 4 is 23.5 Å². The molecule has 0 bridgehead atoms. The maximum absolute atomic E-state index is 11.9. The SMILES string of the molecule is COc1ccc(C(=O)OCC(=O)N2CCCC2=O)cc1[N+](=O)[O-]. The first kappa shape index (κ1) is 16.4. The Morgan fingerprint density at radius 3 is 2.70 bits per heavy atom. The van der Waals surface area contributed by atoms with Crippen LogP contribution < -0.4 is 4.74 Å². The smallest absolute Gasteiger partial charge is 0.338 e. The second-order valence-corrected chi connectivity index (χ2v) is 4.76. The molecule has 0 aliphatic carbocycles. The molecule has 2 amide bonds. The molecule has 9 nitrogen and oxygen atoms in total. The van der Waals surface area contributed by atoms with E-state index in [1.165, 1.54) is 19.2 Å². The summed E-state index contributed by atoms with van der Waals surface area (Å²) in [4.78, 5) is 46.3. The molecule has 1 heterocycles. The zero-order valence-corrected chi connectivity index (χ0v) is 12.3. The number of hydrogen-bond donors (Lipinski definition) is 0. The minimum absolute atomic E-state index is 0.00490. The van der Waals surface area contributed by atoms with Crippen LogP contribution in [0.4, 0.5) is 5.69 Å². The maximum Gasteiger partial charge on any atom is 0.338 e. The summed E-state index contributed by atoms with van der Waals surface area (Å²) in [5.41, 5.74) is -0.471. The fourth-order valence-electron chi connectivity index (χ4n) is 2.16. The average Bonchev–Trinajstić information content (AvgIpc) is 2.97. The molecule has 0 aromatic heterocycles. The summed E-state index contributed by atoms with van der Waals surface area (Å²) in [7, 11) is 1.27. The van der Waals surface area contributed by atoms with Crippen LogP contribution in [0.2, 0.25) is 0 Å². The van der Waals surface area contributed by atoms with Gasteiger partial charge in [-0.15, -0.1) is 0 Å². The molecule has 122 valence electrons. The van der Waals surface area contributed by atoms with E-state index < -0.39 is 23.4 Å². The van der Waals surface area contributed by atoms with E-state index in [4.69, 9.17) is 9.47 Å². The van der Waals surface area contributed by atoms with Crippen LogP contribution in [0.3, 0.4) is 0 Å². The van der Waals surface area contributed by atoms with E-state index in [-0.39, 0.29) is 22.9 Å². The van der Waals surface area contributed by atoms with Gasteiger partial charge >= 0.3 is 11.7 Å². The van der Waals surface area contributed by atoms with E-state index in [0.717, 1.165) is 11.0 Å². The van der Waals surface area contributed by atoms with Gasteiger partial charge in [0.2, 0.25) is 5.91 Å². The summed E-state index contributed by atoms with van der Waals surface area (Å²) in [5.74, 6) is -1.80. The highest BCUT2D eigenvalue weighted by Crippen LogP contribution is 2.27. The highest BCUT2D eigenvalue weighted by atomic mass is 16.6. The molecule has 2 rings (SSSR count). The average molecular weight is 322 g/mol. The largest absolute Gasteiger partial charge is 0.490 e. The lowest BCUT2D eigenvalue weighted by Crippen LogP contribution is -2.35. The number of imide groups is 1. The predicted molar refractivity (Wildman–Crippen MR) is 75.9 cm³/mol. The van der Waals surface area contributed by atoms with Crippen LogP contribution in [-0.2, 0) is 14.3 Å². The van der Waals surface area contributed by atoms with E-state index in [9.17, 15) is 24.5 Å². The van der Waals surface area contributed by atoms with Crippen molar-refractivity contribution in [2.75, 3.05) is 20.3 Å². The normalized spacial score (nSPS) is 13.8. The number of methoxy groups -OCH3 is 1. The number of carbonyl (C=O) groups excluding carboxylic acids is 3. The predicted octanol–water partition coefficient (Wildman–Crippen LogP) is 0.909. The summed E-state index contributed by atoms with van der Waals surface area (Å²) >= 11 is 0. The molecule has 1 aliphatic heterocycles. The first-order valence-electron chi connectivity index (χ1n) is 6.76. The molecule has 9 heteroatoms. The molecule has 1 saturated heterocycles. The highest BCUT2D eigenvalue weighted by Gasteiger charge is 2.27. The quantitative estimate of drug-likeness (QED) is 0.449. The molecule has 0 unspecified atom stereocenters. The second kappa shape index (κ2) is 6.86. The topological polar surface area (TPSA) is 116 Å². The van der Waals surface area contributed by atoms with E-state index in [1.54, 1.807) is 0 Å². The number of esters is 1. The first-order valence-corrected chi connectivity index (χ1v) is 6.76. The van der Waals surface area contributed by atoms with Crippen LogP contribution in [0.25, 0.3) is 0 Å². The molecule has 1 fully saturated rings. The molecule has 0 radical (unpaired) electrons. The van der Waals surface area contributed by atoms with Crippen LogP contribution in [0.15, 0.2) is 18.2 Å². The number of hydrogen-bond acceptors (Lipinski definition) is 7. The van der Waals surface area contributed by atoms with Gasteiger partial charge in [0.25, 0.3) is 5.91 Å². The summed E-state index contributed by atoms with van der Waals surface area (Å²) < 4.78 is 9.64. The van der Waals surface area contributed by atoms with E-state index in [2.05, 4.69) is 0 Å². The van der Waals surface area contributed by atoms with Crippen LogP contribution in [0, 0.1) is 10.1 Å². The lowest BCUT2D eigenvalue weighted by atomic mass is 10.2. The molecule has 1 aliphatic rings. The first-order chi connectivity index (χ1) is 10.9. The van der Waals surface area contributed by atoms with Crippen molar-refractivity contribution in [3.8, 4) is 5.75 Å². The van der Waals surface area contributed by atoms with Crippen molar-refractivity contribution in [3.05, 3.63) is 33.9 Å². The van der Waals surface area contributed by atoms with Gasteiger partial charge in [0.1, 0.15) is 0 Å². The monoisotopic (exact) mass is 322 g/mol. The maximum atomic E-state index is 11.9. The molecule has 0 N–H and O–H groups in total. The molecule has 1 aromatic rings. The Kier molecular flexibility index (Phi) is 4.89. The van der Waals surface area contributed by atoms with Gasteiger partial charge in [-0.25, -0.2) is 4.79 Å². The minimum Gasteiger partial charge on any atom is -0.490 e. The van der Waals surface area contributed by atoms with Crippen molar-refractivity contribution in [1.82, 2.24) is 4.90 Å². The van der Waals surface area contributed by atoms with Gasteiger partial charge < -0.3 is 9.47 Å². The fraction of sp³-hybridized carbons (Fsp3) is 0.357. The third-order valence-electron chi connectivity index (χ3n) is 3.31. The van der Waals surface area contributed by atoms with Gasteiger partial charge in [-0.1, -0.05) is 0 Å². The second-order valence-electron chi connectivity index (χ2n) is 4.76. The number of likely N-dealkylation sites (tertiary alicyclic amines) is 1. The Balaban J connectivity index is 2.03. The summed E-state index contributed by atoms with van der Waals surface area (Å²) in [6.07, 6.45) is 0.882. The van der Waals surface area contributed by atoms with Crippen molar-refractivity contribution < 1.29 is 28.8 Å². The summed E-state index contributed by atoms with van der Waals surface area (Å²) in [6.45, 7) is -0.284. The number of nitro groups is 1. The lowest BCUT2D eigenvalue weighted by Gasteiger charge is -2.13. The molecular weight excluding hydrogens is 308 g/mol. The Morgan fingerprint density at radius 2 is 2.13 bits per heavy atom. The van der Waals surface area contributed by atoms with E-state index in [1.807, 2.05) is 0 Å². The molecule has 0 spiro atoms.